The predicted molar refractivity (Wildman–Crippen MR) is 119 cm³/mol. The molecule has 0 aliphatic rings. The zero-order chi connectivity index (χ0) is 22.2. The van der Waals surface area contributed by atoms with E-state index in [1.165, 1.54) is 23.5 Å². The Hall–Kier alpha value is -2.75. The summed E-state index contributed by atoms with van der Waals surface area (Å²) in [5.74, 6) is 0.415. The molecule has 0 amide bonds. The largest absolute Gasteiger partial charge is 0.469 e. The second kappa shape index (κ2) is 8.41. The molecule has 31 heavy (non-hydrogen) atoms. The van der Waals surface area contributed by atoms with Crippen molar-refractivity contribution in [3.05, 3.63) is 71.4 Å². The van der Waals surface area contributed by atoms with E-state index in [0.29, 0.717) is 28.5 Å². The van der Waals surface area contributed by atoms with Crippen LogP contribution in [0.3, 0.4) is 0 Å². The number of nitrogens with one attached hydrogen (secondary N) is 1. The lowest BCUT2D eigenvalue weighted by Gasteiger charge is -2.13. The third kappa shape index (κ3) is 4.48. The molecule has 0 aliphatic heterocycles. The van der Waals surface area contributed by atoms with Crippen molar-refractivity contribution in [2.45, 2.75) is 31.2 Å². The molecule has 162 valence electrons. The lowest BCUT2D eigenvalue weighted by atomic mass is 10.2. The fourth-order valence-electron chi connectivity index (χ4n) is 3.39. The number of aromatic nitrogens is 2. The molecule has 4 aromatic rings. The average molecular weight is 460 g/mol. The summed E-state index contributed by atoms with van der Waals surface area (Å²) in [6.45, 7) is 3.57. The normalized spacial score (nSPS) is 12.9. The van der Waals surface area contributed by atoms with Crippen LogP contribution in [0.5, 0.6) is 0 Å². The van der Waals surface area contributed by atoms with Gasteiger partial charge in [-0.15, -0.1) is 11.3 Å². The van der Waals surface area contributed by atoms with Gasteiger partial charge in [-0.2, -0.15) is 0 Å². The summed E-state index contributed by atoms with van der Waals surface area (Å²) in [5.41, 5.74) is 2.84. The van der Waals surface area contributed by atoms with Gasteiger partial charge in [0, 0.05) is 36.1 Å². The Morgan fingerprint density at radius 2 is 2.00 bits per heavy atom. The Morgan fingerprint density at radius 1 is 1.26 bits per heavy atom. The van der Waals surface area contributed by atoms with E-state index < -0.39 is 10.0 Å². The van der Waals surface area contributed by atoms with Gasteiger partial charge >= 0.3 is 0 Å². The fourth-order valence-corrected chi connectivity index (χ4v) is 5.81. The molecule has 3 heterocycles. The molecule has 0 bridgehead atoms. The molecular formula is C22H22FN3O3S2. The summed E-state index contributed by atoms with van der Waals surface area (Å²) in [7, 11) is -1.92. The Kier molecular flexibility index (Phi) is 5.83. The van der Waals surface area contributed by atoms with Crippen molar-refractivity contribution in [3.8, 4) is 22.0 Å². The number of thiazole rings is 1. The smallest absolute Gasteiger partial charge is 0.242 e. The third-order valence-electron chi connectivity index (χ3n) is 5.09. The Morgan fingerprint density at radius 3 is 2.68 bits per heavy atom. The van der Waals surface area contributed by atoms with E-state index in [1.807, 2.05) is 23.1 Å². The molecule has 0 saturated heterocycles. The predicted octanol–water partition coefficient (Wildman–Crippen LogP) is 4.77. The minimum Gasteiger partial charge on any atom is -0.469 e. The van der Waals surface area contributed by atoms with Crippen LogP contribution in [-0.2, 0) is 23.5 Å². The first kappa shape index (κ1) is 21.5. The summed E-state index contributed by atoms with van der Waals surface area (Å²) >= 11 is 1.41. The van der Waals surface area contributed by atoms with E-state index in [4.69, 9.17) is 4.42 Å². The van der Waals surface area contributed by atoms with Gasteiger partial charge in [-0.05, 0) is 56.3 Å². The number of rotatable bonds is 7. The molecule has 0 saturated carbocycles. The third-order valence-corrected chi connectivity index (χ3v) is 7.66. The number of hydrogen-bond donors (Lipinski definition) is 1. The molecule has 0 spiro atoms. The van der Waals surface area contributed by atoms with E-state index in [9.17, 15) is 12.8 Å². The van der Waals surface area contributed by atoms with Crippen LogP contribution < -0.4 is 4.72 Å². The number of sulfonamides is 1. The number of furan rings is 1. The zero-order valence-electron chi connectivity index (χ0n) is 17.3. The molecule has 0 aliphatic carbocycles. The molecule has 9 heteroatoms. The zero-order valence-corrected chi connectivity index (χ0v) is 18.9. The van der Waals surface area contributed by atoms with Crippen molar-refractivity contribution < 1.29 is 17.2 Å². The van der Waals surface area contributed by atoms with Crippen molar-refractivity contribution in [2.24, 2.45) is 7.05 Å². The van der Waals surface area contributed by atoms with Crippen molar-refractivity contribution in [1.82, 2.24) is 14.3 Å². The van der Waals surface area contributed by atoms with Crippen molar-refractivity contribution in [1.29, 1.82) is 0 Å². The average Bonchev–Trinajstić information content (AvgIpc) is 3.44. The highest BCUT2D eigenvalue weighted by Crippen LogP contribution is 2.32. The fraction of sp³-hybridized carbons (Fsp3) is 0.227. The number of hydrogen-bond acceptors (Lipinski definition) is 5. The Labute approximate surface area is 184 Å². The SMILES string of the molecule is Cc1c(S(=O)(=O)N[C@H](C)Cc2ccco2)cc(-c2nc(-c3ccc(F)cc3)cs2)n1C. The van der Waals surface area contributed by atoms with Gasteiger partial charge in [0.15, 0.2) is 0 Å². The molecule has 1 aromatic carbocycles. The van der Waals surface area contributed by atoms with Crippen LogP contribution >= 0.6 is 11.3 Å². The van der Waals surface area contributed by atoms with Gasteiger partial charge < -0.3 is 8.98 Å². The number of benzene rings is 1. The van der Waals surface area contributed by atoms with Gasteiger partial charge in [-0.25, -0.2) is 22.5 Å². The van der Waals surface area contributed by atoms with E-state index in [1.54, 1.807) is 44.4 Å². The minimum absolute atomic E-state index is 0.217. The van der Waals surface area contributed by atoms with E-state index >= 15 is 0 Å². The highest BCUT2D eigenvalue weighted by atomic mass is 32.2. The van der Waals surface area contributed by atoms with Gasteiger partial charge in [-0.1, -0.05) is 0 Å². The van der Waals surface area contributed by atoms with Crippen molar-refractivity contribution in [2.75, 3.05) is 0 Å². The van der Waals surface area contributed by atoms with Gasteiger partial charge in [0.1, 0.15) is 21.5 Å². The maximum absolute atomic E-state index is 13.2. The molecule has 0 radical (unpaired) electrons. The molecule has 3 aromatic heterocycles. The molecule has 6 nitrogen and oxygen atoms in total. The lowest BCUT2D eigenvalue weighted by Crippen LogP contribution is -2.34. The van der Waals surface area contributed by atoms with Crippen LogP contribution in [0.4, 0.5) is 4.39 Å². The highest BCUT2D eigenvalue weighted by molar-refractivity contribution is 7.89. The molecular weight excluding hydrogens is 437 g/mol. The number of halogens is 1. The topological polar surface area (TPSA) is 77.1 Å². The molecule has 0 unspecified atom stereocenters. The Bertz CT molecular complexity index is 1290. The lowest BCUT2D eigenvalue weighted by molar-refractivity contribution is 0.479. The quantitative estimate of drug-likeness (QED) is 0.432. The van der Waals surface area contributed by atoms with Crippen LogP contribution in [0, 0.1) is 12.7 Å². The van der Waals surface area contributed by atoms with Crippen LogP contribution in [0.2, 0.25) is 0 Å². The molecule has 4 rings (SSSR count). The standard InChI is InChI=1S/C22H22FN3O3S2/c1-14(11-18-5-4-10-29-18)25-31(27,28)21-12-20(26(3)15(21)2)22-24-19(13-30-22)16-6-8-17(23)9-7-16/h4-10,12-14,25H,11H2,1-3H3/t14-/m1/s1. The second-order valence-electron chi connectivity index (χ2n) is 7.39. The molecule has 1 N–H and O–H groups in total. The summed E-state index contributed by atoms with van der Waals surface area (Å²) in [5, 5.41) is 2.57. The van der Waals surface area contributed by atoms with Crippen LogP contribution in [0.25, 0.3) is 22.0 Å². The van der Waals surface area contributed by atoms with Crippen molar-refractivity contribution in [3.63, 3.8) is 0 Å². The molecule has 0 fully saturated rings. The summed E-state index contributed by atoms with van der Waals surface area (Å²) in [6, 6.07) is 11.0. The van der Waals surface area contributed by atoms with E-state index in [2.05, 4.69) is 9.71 Å². The van der Waals surface area contributed by atoms with Crippen LogP contribution in [0.1, 0.15) is 18.4 Å². The van der Waals surface area contributed by atoms with Gasteiger partial charge in [0.2, 0.25) is 10.0 Å². The first-order valence-corrected chi connectivity index (χ1v) is 12.0. The maximum atomic E-state index is 13.2. The molecule has 1 atom stereocenters. The van der Waals surface area contributed by atoms with Gasteiger partial charge in [0.05, 0.1) is 17.7 Å². The summed E-state index contributed by atoms with van der Waals surface area (Å²) < 4.78 is 49.1. The van der Waals surface area contributed by atoms with E-state index in [0.717, 1.165) is 11.3 Å². The first-order chi connectivity index (χ1) is 14.7. The van der Waals surface area contributed by atoms with Crippen LogP contribution in [0.15, 0.2) is 63.4 Å². The highest BCUT2D eigenvalue weighted by Gasteiger charge is 2.25. The minimum atomic E-state index is -3.73. The van der Waals surface area contributed by atoms with E-state index in [-0.39, 0.29) is 16.8 Å². The summed E-state index contributed by atoms with van der Waals surface area (Å²) in [4.78, 5) is 4.85. The van der Waals surface area contributed by atoms with Crippen molar-refractivity contribution >= 4 is 21.4 Å². The number of nitrogens with zero attached hydrogens (tertiary/aromatic N) is 2. The van der Waals surface area contributed by atoms with Gasteiger partial charge in [-0.3, -0.25) is 0 Å². The monoisotopic (exact) mass is 459 g/mol. The first-order valence-electron chi connectivity index (χ1n) is 9.67. The maximum Gasteiger partial charge on any atom is 0.242 e. The van der Waals surface area contributed by atoms with Gasteiger partial charge in [0.25, 0.3) is 0 Å². The van der Waals surface area contributed by atoms with Crippen LogP contribution in [-0.4, -0.2) is 24.0 Å². The Balaban J connectivity index is 1.60. The summed E-state index contributed by atoms with van der Waals surface area (Å²) in [6.07, 6.45) is 2.02. The second-order valence-corrected chi connectivity index (χ2v) is 9.93.